The van der Waals surface area contributed by atoms with Gasteiger partial charge in [-0.3, -0.25) is 9.69 Å². The van der Waals surface area contributed by atoms with Crippen molar-refractivity contribution in [3.05, 3.63) is 54.1 Å². The van der Waals surface area contributed by atoms with Crippen LogP contribution in [-0.2, 0) is 11.2 Å². The van der Waals surface area contributed by atoms with Crippen molar-refractivity contribution in [3.8, 4) is 10.9 Å². The number of benzene rings is 2. The summed E-state index contributed by atoms with van der Waals surface area (Å²) in [5, 5.41) is 9.72. The number of carboxylic acids is 1. The predicted octanol–water partition coefficient (Wildman–Crippen LogP) is 4.96. The third kappa shape index (κ3) is 4.69. The number of para-hydroxylation sites is 1. The molecule has 1 N–H and O–H groups in total. The third-order valence-corrected chi connectivity index (χ3v) is 6.03. The smallest absolute Gasteiger partial charge is 0.304 e. The van der Waals surface area contributed by atoms with Crippen molar-refractivity contribution in [1.29, 1.82) is 0 Å². The number of hydrogen-bond donors (Lipinski definition) is 1. The molecule has 1 unspecified atom stereocenters. The molecule has 2 aromatic carbocycles. The molecular formula is C22H24N2O3S. The molecule has 6 heteroatoms. The van der Waals surface area contributed by atoms with E-state index in [9.17, 15) is 4.79 Å². The molecule has 1 heterocycles. The van der Waals surface area contributed by atoms with Crippen molar-refractivity contribution in [2.75, 3.05) is 6.54 Å². The van der Waals surface area contributed by atoms with Crippen LogP contribution in [0.4, 0.5) is 0 Å². The van der Waals surface area contributed by atoms with E-state index < -0.39 is 5.97 Å². The Morgan fingerprint density at radius 1 is 1.25 bits per heavy atom. The average molecular weight is 397 g/mol. The maximum Gasteiger partial charge on any atom is 0.304 e. The Hall–Kier alpha value is -2.44. The minimum atomic E-state index is -0.727. The molecular weight excluding hydrogens is 372 g/mol. The van der Waals surface area contributed by atoms with Gasteiger partial charge < -0.3 is 9.84 Å². The second-order valence-corrected chi connectivity index (χ2v) is 8.35. The molecule has 0 radical (unpaired) electrons. The van der Waals surface area contributed by atoms with Gasteiger partial charge in [-0.2, -0.15) is 0 Å². The molecule has 4 rings (SSSR count). The Morgan fingerprint density at radius 2 is 2.00 bits per heavy atom. The van der Waals surface area contributed by atoms with Gasteiger partial charge in [0, 0.05) is 18.6 Å². The van der Waals surface area contributed by atoms with Crippen LogP contribution in [0.15, 0.2) is 48.5 Å². The minimum absolute atomic E-state index is 0.0756. The molecule has 0 amide bonds. The van der Waals surface area contributed by atoms with Gasteiger partial charge in [0.1, 0.15) is 5.75 Å². The number of rotatable bonds is 9. The summed E-state index contributed by atoms with van der Waals surface area (Å²) in [5.74, 6) is 0.0515. The van der Waals surface area contributed by atoms with Gasteiger partial charge in [0.25, 0.3) is 5.19 Å². The SMILES string of the molecule is CC(CC(=O)O)N(CCc1ccc(Oc2nc3ccccc3s2)cc1)C1CC1. The van der Waals surface area contributed by atoms with Gasteiger partial charge >= 0.3 is 5.97 Å². The van der Waals surface area contributed by atoms with Crippen molar-refractivity contribution in [2.45, 2.75) is 44.7 Å². The van der Waals surface area contributed by atoms with E-state index in [2.05, 4.69) is 22.0 Å². The van der Waals surface area contributed by atoms with E-state index in [-0.39, 0.29) is 12.5 Å². The zero-order valence-corrected chi connectivity index (χ0v) is 16.7. The maximum atomic E-state index is 11.0. The molecule has 0 saturated heterocycles. The largest absolute Gasteiger partial charge is 0.481 e. The van der Waals surface area contributed by atoms with Crippen LogP contribution in [0.3, 0.4) is 0 Å². The van der Waals surface area contributed by atoms with Crippen molar-refractivity contribution in [1.82, 2.24) is 9.88 Å². The zero-order chi connectivity index (χ0) is 19.5. The molecule has 0 aliphatic heterocycles. The van der Waals surface area contributed by atoms with Gasteiger partial charge in [0.05, 0.1) is 16.6 Å². The molecule has 1 aliphatic rings. The van der Waals surface area contributed by atoms with E-state index in [1.807, 2.05) is 43.3 Å². The fourth-order valence-electron chi connectivity index (χ4n) is 3.52. The predicted molar refractivity (Wildman–Crippen MR) is 111 cm³/mol. The molecule has 0 bridgehead atoms. The average Bonchev–Trinajstić information content (AvgIpc) is 3.41. The lowest BCUT2D eigenvalue weighted by atomic mass is 10.1. The Bertz CT molecular complexity index is 917. The van der Waals surface area contributed by atoms with E-state index in [0.717, 1.165) is 28.9 Å². The summed E-state index contributed by atoms with van der Waals surface area (Å²) >= 11 is 1.54. The van der Waals surface area contributed by atoms with E-state index in [1.165, 1.54) is 18.4 Å². The Morgan fingerprint density at radius 3 is 2.68 bits per heavy atom. The van der Waals surface area contributed by atoms with Gasteiger partial charge in [-0.1, -0.05) is 35.6 Å². The first kappa shape index (κ1) is 18.9. The fraction of sp³-hybridized carbons (Fsp3) is 0.364. The Kier molecular flexibility index (Phi) is 5.59. The van der Waals surface area contributed by atoms with E-state index in [1.54, 1.807) is 11.3 Å². The van der Waals surface area contributed by atoms with E-state index in [0.29, 0.717) is 11.2 Å². The normalized spacial score (nSPS) is 15.1. The minimum Gasteiger partial charge on any atom is -0.481 e. The van der Waals surface area contributed by atoms with Crippen molar-refractivity contribution >= 4 is 27.5 Å². The summed E-state index contributed by atoms with van der Waals surface area (Å²) in [6.07, 6.45) is 3.46. The first-order chi connectivity index (χ1) is 13.6. The van der Waals surface area contributed by atoms with Crippen LogP contribution in [0.25, 0.3) is 10.2 Å². The van der Waals surface area contributed by atoms with Crippen molar-refractivity contribution < 1.29 is 14.6 Å². The van der Waals surface area contributed by atoms with Crippen LogP contribution in [0.5, 0.6) is 10.9 Å². The summed E-state index contributed by atoms with van der Waals surface area (Å²) in [5.41, 5.74) is 2.18. The topological polar surface area (TPSA) is 62.7 Å². The summed E-state index contributed by atoms with van der Waals surface area (Å²) in [6, 6.07) is 16.7. The van der Waals surface area contributed by atoms with Crippen LogP contribution in [-0.4, -0.2) is 39.6 Å². The Balaban J connectivity index is 1.35. The number of fused-ring (bicyclic) bond motifs is 1. The van der Waals surface area contributed by atoms with Gasteiger partial charge in [-0.15, -0.1) is 0 Å². The first-order valence-electron chi connectivity index (χ1n) is 9.68. The first-order valence-corrected chi connectivity index (χ1v) is 10.5. The highest BCUT2D eigenvalue weighted by Gasteiger charge is 2.32. The van der Waals surface area contributed by atoms with Gasteiger partial charge in [-0.25, -0.2) is 4.98 Å². The molecule has 3 aromatic rings. The number of thiazole rings is 1. The summed E-state index contributed by atoms with van der Waals surface area (Å²) in [4.78, 5) is 17.9. The van der Waals surface area contributed by atoms with E-state index in [4.69, 9.17) is 9.84 Å². The summed E-state index contributed by atoms with van der Waals surface area (Å²) in [7, 11) is 0. The monoisotopic (exact) mass is 396 g/mol. The zero-order valence-electron chi connectivity index (χ0n) is 15.9. The van der Waals surface area contributed by atoms with Crippen molar-refractivity contribution in [3.63, 3.8) is 0 Å². The number of aromatic nitrogens is 1. The van der Waals surface area contributed by atoms with Crippen LogP contribution in [0, 0.1) is 0 Å². The quantitative estimate of drug-likeness (QED) is 0.554. The molecule has 5 nitrogen and oxygen atoms in total. The highest BCUT2D eigenvalue weighted by Crippen LogP contribution is 2.32. The van der Waals surface area contributed by atoms with Crippen LogP contribution >= 0.6 is 11.3 Å². The lowest BCUT2D eigenvalue weighted by Gasteiger charge is -2.28. The lowest BCUT2D eigenvalue weighted by Crippen LogP contribution is -2.38. The number of aliphatic carboxylic acids is 1. The Labute approximate surface area is 168 Å². The van der Waals surface area contributed by atoms with Gasteiger partial charge in [0.15, 0.2) is 0 Å². The number of carboxylic acid groups (broad SMARTS) is 1. The molecule has 1 aliphatic carbocycles. The second-order valence-electron chi connectivity index (χ2n) is 7.36. The maximum absolute atomic E-state index is 11.0. The molecule has 1 fully saturated rings. The highest BCUT2D eigenvalue weighted by molar-refractivity contribution is 7.20. The third-order valence-electron chi connectivity index (χ3n) is 5.11. The molecule has 28 heavy (non-hydrogen) atoms. The highest BCUT2D eigenvalue weighted by atomic mass is 32.1. The summed E-state index contributed by atoms with van der Waals surface area (Å²) in [6.45, 7) is 2.90. The standard InChI is InChI=1S/C22H24N2O3S/c1-15(14-21(25)26)24(17-8-9-17)13-12-16-6-10-18(11-7-16)27-22-23-19-4-2-3-5-20(19)28-22/h2-7,10-11,15,17H,8-9,12-14H2,1H3,(H,25,26). The van der Waals surface area contributed by atoms with Gasteiger partial charge in [-0.05, 0) is 56.0 Å². The molecule has 1 aromatic heterocycles. The van der Waals surface area contributed by atoms with E-state index >= 15 is 0 Å². The number of hydrogen-bond acceptors (Lipinski definition) is 5. The number of carbonyl (C=O) groups is 1. The second kappa shape index (κ2) is 8.29. The number of nitrogens with zero attached hydrogens (tertiary/aromatic N) is 2. The molecule has 1 atom stereocenters. The molecule has 146 valence electrons. The van der Waals surface area contributed by atoms with Gasteiger partial charge in [0.2, 0.25) is 0 Å². The lowest BCUT2D eigenvalue weighted by molar-refractivity contribution is -0.138. The van der Waals surface area contributed by atoms with Crippen LogP contribution < -0.4 is 4.74 Å². The molecule has 0 spiro atoms. The van der Waals surface area contributed by atoms with Crippen LogP contribution in [0.2, 0.25) is 0 Å². The number of ether oxygens (including phenoxy) is 1. The van der Waals surface area contributed by atoms with Crippen molar-refractivity contribution in [2.24, 2.45) is 0 Å². The molecule has 1 saturated carbocycles. The fourth-order valence-corrected chi connectivity index (χ4v) is 4.35. The summed E-state index contributed by atoms with van der Waals surface area (Å²) < 4.78 is 7.02. The van der Waals surface area contributed by atoms with Crippen LogP contribution in [0.1, 0.15) is 31.7 Å².